The molecule has 2 rings (SSSR count). The summed E-state index contributed by atoms with van der Waals surface area (Å²) < 4.78 is 0. The first-order valence-electron chi connectivity index (χ1n) is 4.98. The van der Waals surface area contributed by atoms with Crippen LogP contribution in [0, 0.1) is 0 Å². The molecule has 2 heterocycles. The third-order valence-electron chi connectivity index (χ3n) is 2.30. The van der Waals surface area contributed by atoms with Crippen LogP contribution in [0.1, 0.15) is 24.3 Å². The van der Waals surface area contributed by atoms with Gasteiger partial charge in [-0.05, 0) is 12.1 Å². The summed E-state index contributed by atoms with van der Waals surface area (Å²) in [5, 5.41) is 11.5. The van der Waals surface area contributed by atoms with Crippen molar-refractivity contribution >= 4 is 17.3 Å². The SMILES string of the molecule is CC(CC(=O)O)c1nc(-c2ccc[nH]2)cs1. The molecule has 1 unspecified atom stereocenters. The fourth-order valence-corrected chi connectivity index (χ4v) is 2.36. The van der Waals surface area contributed by atoms with Gasteiger partial charge in [0.2, 0.25) is 0 Å². The van der Waals surface area contributed by atoms with Crippen LogP contribution in [0.2, 0.25) is 0 Å². The molecule has 0 amide bonds. The number of carboxylic acids is 1. The number of aromatic nitrogens is 2. The number of carbonyl (C=O) groups is 1. The Balaban J connectivity index is 2.16. The molecule has 0 bridgehead atoms. The first-order chi connectivity index (χ1) is 7.66. The van der Waals surface area contributed by atoms with Crippen LogP contribution in [-0.2, 0) is 4.79 Å². The van der Waals surface area contributed by atoms with Crippen molar-refractivity contribution in [2.45, 2.75) is 19.3 Å². The van der Waals surface area contributed by atoms with Gasteiger partial charge < -0.3 is 10.1 Å². The van der Waals surface area contributed by atoms with Gasteiger partial charge in [0.1, 0.15) is 0 Å². The van der Waals surface area contributed by atoms with E-state index in [1.54, 1.807) is 0 Å². The Morgan fingerprint density at radius 2 is 2.50 bits per heavy atom. The molecule has 84 valence electrons. The lowest BCUT2D eigenvalue weighted by Gasteiger charge is -2.02. The van der Waals surface area contributed by atoms with Gasteiger partial charge in [0, 0.05) is 17.5 Å². The molecule has 0 spiro atoms. The van der Waals surface area contributed by atoms with E-state index in [0.717, 1.165) is 16.4 Å². The lowest BCUT2D eigenvalue weighted by molar-refractivity contribution is -0.137. The summed E-state index contributed by atoms with van der Waals surface area (Å²) in [4.78, 5) is 18.1. The van der Waals surface area contributed by atoms with Crippen LogP contribution in [0.3, 0.4) is 0 Å². The van der Waals surface area contributed by atoms with Gasteiger partial charge in [-0.15, -0.1) is 11.3 Å². The number of thiazole rings is 1. The van der Waals surface area contributed by atoms with Gasteiger partial charge in [0.25, 0.3) is 0 Å². The minimum absolute atomic E-state index is 0.0359. The summed E-state index contributed by atoms with van der Waals surface area (Å²) >= 11 is 1.50. The Kier molecular flexibility index (Phi) is 3.05. The van der Waals surface area contributed by atoms with Crippen LogP contribution in [0.4, 0.5) is 0 Å². The Bertz CT molecular complexity index is 476. The average Bonchev–Trinajstić information content (AvgIpc) is 2.87. The molecular formula is C11H12N2O2S. The average molecular weight is 236 g/mol. The molecule has 0 aliphatic rings. The number of carboxylic acid groups (broad SMARTS) is 1. The highest BCUT2D eigenvalue weighted by atomic mass is 32.1. The smallest absolute Gasteiger partial charge is 0.304 e. The molecule has 0 radical (unpaired) electrons. The van der Waals surface area contributed by atoms with E-state index >= 15 is 0 Å². The monoisotopic (exact) mass is 236 g/mol. The number of hydrogen-bond donors (Lipinski definition) is 2. The second kappa shape index (κ2) is 4.49. The molecule has 0 aliphatic carbocycles. The zero-order chi connectivity index (χ0) is 11.5. The van der Waals surface area contributed by atoms with Crippen molar-refractivity contribution < 1.29 is 9.90 Å². The molecule has 0 fully saturated rings. The molecule has 5 heteroatoms. The quantitative estimate of drug-likeness (QED) is 0.857. The molecule has 1 atom stereocenters. The Hall–Kier alpha value is -1.62. The zero-order valence-electron chi connectivity index (χ0n) is 8.80. The maximum Gasteiger partial charge on any atom is 0.304 e. The van der Waals surface area contributed by atoms with Crippen molar-refractivity contribution in [3.63, 3.8) is 0 Å². The number of nitrogens with zero attached hydrogens (tertiary/aromatic N) is 1. The predicted molar refractivity (Wildman–Crippen MR) is 62.6 cm³/mol. The van der Waals surface area contributed by atoms with E-state index < -0.39 is 5.97 Å². The molecule has 2 N–H and O–H groups in total. The van der Waals surface area contributed by atoms with Crippen LogP contribution < -0.4 is 0 Å². The van der Waals surface area contributed by atoms with Crippen LogP contribution >= 0.6 is 11.3 Å². The molecule has 0 aliphatic heterocycles. The Labute approximate surface area is 97.0 Å². The lowest BCUT2D eigenvalue weighted by atomic mass is 10.1. The molecule has 4 nitrogen and oxygen atoms in total. The van der Waals surface area contributed by atoms with E-state index in [9.17, 15) is 4.79 Å². The number of hydrogen-bond acceptors (Lipinski definition) is 3. The summed E-state index contributed by atoms with van der Waals surface area (Å²) in [6.45, 7) is 1.88. The van der Waals surface area contributed by atoms with E-state index in [-0.39, 0.29) is 12.3 Å². The summed E-state index contributed by atoms with van der Waals surface area (Å²) in [6.07, 6.45) is 1.96. The van der Waals surface area contributed by atoms with Crippen molar-refractivity contribution in [2.75, 3.05) is 0 Å². The van der Waals surface area contributed by atoms with Crippen molar-refractivity contribution in [3.05, 3.63) is 28.7 Å². The largest absolute Gasteiger partial charge is 0.481 e. The van der Waals surface area contributed by atoms with Gasteiger partial charge in [-0.25, -0.2) is 4.98 Å². The second-order valence-electron chi connectivity index (χ2n) is 3.65. The molecule has 0 saturated heterocycles. The third kappa shape index (κ3) is 2.30. The second-order valence-corrected chi connectivity index (χ2v) is 4.54. The normalized spacial score (nSPS) is 12.6. The highest BCUT2D eigenvalue weighted by molar-refractivity contribution is 7.10. The van der Waals surface area contributed by atoms with Gasteiger partial charge in [0.15, 0.2) is 0 Å². The summed E-state index contributed by atoms with van der Waals surface area (Å²) in [6, 6.07) is 3.86. The number of aliphatic carboxylic acids is 1. The highest BCUT2D eigenvalue weighted by Gasteiger charge is 2.14. The standard InChI is InChI=1S/C11H12N2O2S/c1-7(5-10(14)15)11-13-9(6-16-11)8-3-2-4-12-8/h2-4,6-7,12H,5H2,1H3,(H,14,15). The first kappa shape index (κ1) is 10.9. The molecule has 0 aromatic carbocycles. The van der Waals surface area contributed by atoms with Crippen molar-refractivity contribution in [3.8, 4) is 11.4 Å². The van der Waals surface area contributed by atoms with Crippen molar-refractivity contribution in [1.29, 1.82) is 0 Å². The number of H-pyrrole nitrogens is 1. The van der Waals surface area contributed by atoms with E-state index in [4.69, 9.17) is 5.11 Å². The summed E-state index contributed by atoms with van der Waals surface area (Å²) in [5.41, 5.74) is 1.84. The number of rotatable bonds is 4. The van der Waals surface area contributed by atoms with Crippen molar-refractivity contribution in [1.82, 2.24) is 9.97 Å². The van der Waals surface area contributed by atoms with Gasteiger partial charge >= 0.3 is 5.97 Å². The van der Waals surface area contributed by atoms with Gasteiger partial charge in [-0.3, -0.25) is 4.79 Å². The molecular weight excluding hydrogens is 224 g/mol. The zero-order valence-corrected chi connectivity index (χ0v) is 9.62. The first-order valence-corrected chi connectivity index (χ1v) is 5.85. The maximum atomic E-state index is 10.6. The summed E-state index contributed by atoms with van der Waals surface area (Å²) in [7, 11) is 0. The topological polar surface area (TPSA) is 66.0 Å². The molecule has 2 aromatic rings. The van der Waals surface area contributed by atoms with Crippen LogP contribution in [0.5, 0.6) is 0 Å². The number of nitrogens with one attached hydrogen (secondary N) is 1. The van der Waals surface area contributed by atoms with E-state index in [0.29, 0.717) is 0 Å². The van der Waals surface area contributed by atoms with Crippen LogP contribution in [0.25, 0.3) is 11.4 Å². The minimum Gasteiger partial charge on any atom is -0.481 e. The van der Waals surface area contributed by atoms with Crippen LogP contribution in [0.15, 0.2) is 23.7 Å². The highest BCUT2D eigenvalue weighted by Crippen LogP contribution is 2.27. The van der Waals surface area contributed by atoms with Crippen molar-refractivity contribution in [2.24, 2.45) is 0 Å². The molecule has 0 saturated carbocycles. The van der Waals surface area contributed by atoms with E-state index in [1.165, 1.54) is 11.3 Å². The van der Waals surface area contributed by atoms with E-state index in [1.807, 2.05) is 30.6 Å². The third-order valence-corrected chi connectivity index (χ3v) is 3.37. The maximum absolute atomic E-state index is 10.6. The Morgan fingerprint density at radius 1 is 1.69 bits per heavy atom. The summed E-state index contributed by atoms with van der Waals surface area (Å²) in [5.74, 6) is -0.824. The van der Waals surface area contributed by atoms with E-state index in [2.05, 4.69) is 9.97 Å². The number of aromatic amines is 1. The lowest BCUT2D eigenvalue weighted by Crippen LogP contribution is -2.02. The fourth-order valence-electron chi connectivity index (χ4n) is 1.48. The van der Waals surface area contributed by atoms with Gasteiger partial charge in [-0.2, -0.15) is 0 Å². The fraction of sp³-hybridized carbons (Fsp3) is 0.273. The van der Waals surface area contributed by atoms with Crippen LogP contribution in [-0.4, -0.2) is 21.0 Å². The minimum atomic E-state index is -0.788. The molecule has 2 aromatic heterocycles. The van der Waals surface area contributed by atoms with Gasteiger partial charge in [0.05, 0.1) is 22.8 Å². The molecule has 16 heavy (non-hydrogen) atoms. The Morgan fingerprint density at radius 3 is 3.12 bits per heavy atom. The predicted octanol–water partition coefficient (Wildman–Crippen LogP) is 2.72. The van der Waals surface area contributed by atoms with Gasteiger partial charge in [-0.1, -0.05) is 6.92 Å².